The highest BCUT2D eigenvalue weighted by Gasteiger charge is 2.46. The first-order valence-corrected chi connectivity index (χ1v) is 6.07. The van der Waals surface area contributed by atoms with E-state index in [0.717, 1.165) is 6.61 Å². The van der Waals surface area contributed by atoms with E-state index < -0.39 is 0 Å². The quantitative estimate of drug-likeness (QED) is 0.768. The number of piperidine rings is 1. The Labute approximate surface area is 93.0 Å². The zero-order chi connectivity index (χ0) is 11.1. The monoisotopic (exact) mass is 212 g/mol. The fourth-order valence-corrected chi connectivity index (χ4v) is 3.64. The molecule has 2 saturated heterocycles. The summed E-state index contributed by atoms with van der Waals surface area (Å²) in [5, 5.41) is 0. The van der Waals surface area contributed by atoms with Crippen molar-refractivity contribution in [3.8, 4) is 0 Å². The van der Waals surface area contributed by atoms with Crippen LogP contribution in [0.2, 0.25) is 0 Å². The number of ether oxygens (including phenoxy) is 1. The van der Waals surface area contributed by atoms with Gasteiger partial charge in [-0.25, -0.2) is 0 Å². The Morgan fingerprint density at radius 1 is 1.27 bits per heavy atom. The van der Waals surface area contributed by atoms with Crippen LogP contribution in [0, 0.1) is 0 Å². The smallest absolute Gasteiger partial charge is 0.0641 e. The maximum absolute atomic E-state index is 6.08. The first-order valence-electron chi connectivity index (χ1n) is 6.07. The highest BCUT2D eigenvalue weighted by atomic mass is 16.5. The Kier molecular flexibility index (Phi) is 3.06. The third-order valence-corrected chi connectivity index (χ3v) is 3.97. The second-order valence-electron chi connectivity index (χ2n) is 5.77. The number of hydrogen-bond donors (Lipinski definition) is 1. The third-order valence-electron chi connectivity index (χ3n) is 3.97. The van der Waals surface area contributed by atoms with Crippen LogP contribution in [0.4, 0.5) is 0 Å². The van der Waals surface area contributed by atoms with Gasteiger partial charge < -0.3 is 10.5 Å². The molecule has 3 nitrogen and oxygen atoms in total. The molecule has 0 saturated carbocycles. The maximum Gasteiger partial charge on any atom is 0.0641 e. The molecule has 0 radical (unpaired) electrons. The van der Waals surface area contributed by atoms with E-state index in [1.165, 1.54) is 25.7 Å². The largest absolute Gasteiger partial charge is 0.383 e. The van der Waals surface area contributed by atoms with Crippen LogP contribution in [0.15, 0.2) is 0 Å². The second-order valence-corrected chi connectivity index (χ2v) is 5.77. The second kappa shape index (κ2) is 4.04. The number of hydrogen-bond acceptors (Lipinski definition) is 3. The topological polar surface area (TPSA) is 38.5 Å². The van der Waals surface area contributed by atoms with Gasteiger partial charge in [-0.05, 0) is 39.5 Å². The van der Waals surface area contributed by atoms with Gasteiger partial charge in [0.25, 0.3) is 0 Å². The van der Waals surface area contributed by atoms with Gasteiger partial charge in [0.15, 0.2) is 0 Å². The van der Waals surface area contributed by atoms with Crippen LogP contribution in [0.25, 0.3) is 0 Å². The average molecular weight is 212 g/mol. The Morgan fingerprint density at radius 2 is 1.80 bits per heavy atom. The molecule has 0 aromatic rings. The Morgan fingerprint density at radius 3 is 2.27 bits per heavy atom. The number of fused-ring (bicyclic) bond motifs is 2. The molecule has 2 atom stereocenters. The lowest BCUT2D eigenvalue weighted by Crippen LogP contribution is -2.58. The normalized spacial score (nSPS) is 37.2. The van der Waals surface area contributed by atoms with Gasteiger partial charge in [-0.2, -0.15) is 0 Å². The molecule has 0 spiro atoms. The van der Waals surface area contributed by atoms with Crippen molar-refractivity contribution in [3.05, 3.63) is 0 Å². The van der Waals surface area contributed by atoms with Crippen LogP contribution in [0.5, 0.6) is 0 Å². The molecule has 2 aliphatic heterocycles. The number of methoxy groups -OCH3 is 1. The zero-order valence-corrected chi connectivity index (χ0v) is 10.2. The van der Waals surface area contributed by atoms with Gasteiger partial charge in [0, 0.05) is 30.8 Å². The molecule has 2 heterocycles. The van der Waals surface area contributed by atoms with Gasteiger partial charge in [-0.15, -0.1) is 0 Å². The fourth-order valence-electron chi connectivity index (χ4n) is 3.64. The summed E-state index contributed by atoms with van der Waals surface area (Å²) in [6.07, 6.45) is 4.99. The Balaban J connectivity index is 2.10. The molecular weight excluding hydrogens is 188 g/mol. The molecule has 2 rings (SSSR count). The lowest BCUT2D eigenvalue weighted by Gasteiger charge is -2.47. The predicted octanol–water partition coefficient (Wildman–Crippen LogP) is 1.37. The number of rotatable bonds is 3. The zero-order valence-electron chi connectivity index (χ0n) is 10.2. The van der Waals surface area contributed by atoms with Crippen molar-refractivity contribution >= 4 is 0 Å². The minimum atomic E-state index is 0.167. The van der Waals surface area contributed by atoms with E-state index in [1.54, 1.807) is 7.11 Å². The lowest BCUT2D eigenvalue weighted by molar-refractivity contribution is -0.0209. The summed E-state index contributed by atoms with van der Waals surface area (Å²) < 4.78 is 5.34. The van der Waals surface area contributed by atoms with Gasteiger partial charge >= 0.3 is 0 Å². The molecular formula is C12H24N2O. The van der Waals surface area contributed by atoms with E-state index >= 15 is 0 Å². The van der Waals surface area contributed by atoms with Crippen LogP contribution in [0.3, 0.4) is 0 Å². The molecule has 0 amide bonds. The van der Waals surface area contributed by atoms with E-state index in [0.29, 0.717) is 18.1 Å². The van der Waals surface area contributed by atoms with Gasteiger partial charge in [-0.1, -0.05) is 0 Å². The molecule has 0 aromatic carbocycles. The minimum Gasteiger partial charge on any atom is -0.383 e. The standard InChI is InChI=1S/C12H24N2O/c1-12(2,8-15-3)14-10-4-5-11(14)7-9(13)6-10/h9-11H,4-8,13H2,1-3H3. The summed E-state index contributed by atoms with van der Waals surface area (Å²) in [6, 6.07) is 1.82. The predicted molar refractivity (Wildman–Crippen MR) is 61.8 cm³/mol. The summed E-state index contributed by atoms with van der Waals surface area (Å²) in [4.78, 5) is 2.67. The first-order chi connectivity index (χ1) is 7.04. The Bertz CT molecular complexity index is 216. The van der Waals surface area contributed by atoms with Crippen LogP contribution in [-0.2, 0) is 4.74 Å². The van der Waals surface area contributed by atoms with Crippen molar-refractivity contribution < 1.29 is 4.74 Å². The highest BCUT2D eigenvalue weighted by molar-refractivity contribution is 5.02. The van der Waals surface area contributed by atoms with E-state index in [-0.39, 0.29) is 5.54 Å². The summed E-state index contributed by atoms with van der Waals surface area (Å²) in [5.41, 5.74) is 6.24. The third kappa shape index (κ3) is 2.05. The van der Waals surface area contributed by atoms with Gasteiger partial charge in [0.05, 0.1) is 6.61 Å². The van der Waals surface area contributed by atoms with E-state index in [2.05, 4.69) is 18.7 Å². The molecule has 2 bridgehead atoms. The van der Waals surface area contributed by atoms with E-state index in [4.69, 9.17) is 10.5 Å². The van der Waals surface area contributed by atoms with Crippen LogP contribution in [0.1, 0.15) is 39.5 Å². The average Bonchev–Trinajstić information content (AvgIpc) is 2.40. The Hall–Kier alpha value is -0.120. The minimum absolute atomic E-state index is 0.167. The first kappa shape index (κ1) is 11.4. The molecule has 3 heteroatoms. The van der Waals surface area contributed by atoms with Crippen molar-refractivity contribution in [2.45, 2.75) is 63.2 Å². The fraction of sp³-hybridized carbons (Fsp3) is 1.00. The molecule has 2 fully saturated rings. The SMILES string of the molecule is COCC(C)(C)N1C2CCC1CC(N)C2. The van der Waals surface area contributed by atoms with Gasteiger partial charge in [-0.3, -0.25) is 4.90 Å². The molecule has 0 aromatic heterocycles. The summed E-state index contributed by atoms with van der Waals surface area (Å²) in [7, 11) is 1.79. The van der Waals surface area contributed by atoms with Crippen molar-refractivity contribution in [2.24, 2.45) is 5.73 Å². The molecule has 0 aliphatic carbocycles. The van der Waals surface area contributed by atoms with E-state index in [1.807, 2.05) is 0 Å². The van der Waals surface area contributed by atoms with Crippen LogP contribution >= 0.6 is 0 Å². The molecule has 2 N–H and O–H groups in total. The summed E-state index contributed by atoms with van der Waals surface area (Å²) >= 11 is 0. The lowest BCUT2D eigenvalue weighted by atomic mass is 9.91. The van der Waals surface area contributed by atoms with Crippen molar-refractivity contribution in [1.29, 1.82) is 0 Å². The van der Waals surface area contributed by atoms with Crippen molar-refractivity contribution in [1.82, 2.24) is 4.90 Å². The van der Waals surface area contributed by atoms with Gasteiger partial charge in [0.2, 0.25) is 0 Å². The molecule has 2 aliphatic rings. The van der Waals surface area contributed by atoms with Crippen LogP contribution in [-0.4, -0.2) is 42.3 Å². The number of nitrogens with two attached hydrogens (primary N) is 1. The molecule has 2 unspecified atom stereocenters. The molecule has 88 valence electrons. The summed E-state index contributed by atoms with van der Waals surface area (Å²) in [5.74, 6) is 0. The molecule has 15 heavy (non-hydrogen) atoms. The van der Waals surface area contributed by atoms with Gasteiger partial charge in [0.1, 0.15) is 0 Å². The highest BCUT2D eigenvalue weighted by Crippen LogP contribution is 2.40. The van der Waals surface area contributed by atoms with Crippen LogP contribution < -0.4 is 5.73 Å². The number of nitrogens with zero attached hydrogens (tertiary/aromatic N) is 1. The van der Waals surface area contributed by atoms with E-state index in [9.17, 15) is 0 Å². The van der Waals surface area contributed by atoms with Crippen molar-refractivity contribution in [3.63, 3.8) is 0 Å². The van der Waals surface area contributed by atoms with Crippen molar-refractivity contribution in [2.75, 3.05) is 13.7 Å². The summed E-state index contributed by atoms with van der Waals surface area (Å²) in [6.45, 7) is 5.40. The maximum atomic E-state index is 6.08.